The highest BCUT2D eigenvalue weighted by molar-refractivity contribution is 9.10. The number of rotatable bonds is 5. The maximum absolute atomic E-state index is 13.5. The minimum Gasteiger partial charge on any atom is -0.507 e. The number of thioether (sulfide) groups is 2. The predicted octanol–water partition coefficient (Wildman–Crippen LogP) is 5.53. The summed E-state index contributed by atoms with van der Waals surface area (Å²) in [5, 5.41) is 19.8. The van der Waals surface area contributed by atoms with Crippen LogP contribution in [0, 0.1) is 0 Å². The average molecular weight is 541 g/mol. The fourth-order valence-electron chi connectivity index (χ4n) is 4.04. The topological polar surface area (TPSA) is 71.2 Å². The molecule has 0 radical (unpaired) electrons. The van der Waals surface area contributed by atoms with E-state index in [9.17, 15) is 9.90 Å². The molecule has 0 saturated carbocycles. The summed E-state index contributed by atoms with van der Waals surface area (Å²) in [5.74, 6) is 0.979. The summed E-state index contributed by atoms with van der Waals surface area (Å²) in [4.78, 5) is 16.5. The largest absolute Gasteiger partial charge is 0.507 e. The van der Waals surface area contributed by atoms with Gasteiger partial charge in [0.2, 0.25) is 5.91 Å². The van der Waals surface area contributed by atoms with Crippen LogP contribution in [0.3, 0.4) is 0 Å². The summed E-state index contributed by atoms with van der Waals surface area (Å²) < 4.78 is 2.77. The van der Waals surface area contributed by atoms with E-state index in [0.717, 1.165) is 15.1 Å². The first-order valence-electron chi connectivity index (χ1n) is 10.5. The minimum atomic E-state index is -0.0128. The first-order chi connectivity index (χ1) is 16.1. The summed E-state index contributed by atoms with van der Waals surface area (Å²) in [6.07, 6.45) is 8.30. The molecule has 1 amide bonds. The lowest BCUT2D eigenvalue weighted by atomic mass is 10.0. The van der Waals surface area contributed by atoms with E-state index in [-0.39, 0.29) is 28.7 Å². The fraction of sp³-hybridized carbons (Fsp3) is 0.208. The van der Waals surface area contributed by atoms with Gasteiger partial charge in [-0.25, -0.2) is 0 Å². The lowest BCUT2D eigenvalue weighted by Crippen LogP contribution is -2.48. The number of amides is 1. The van der Waals surface area contributed by atoms with Crippen LogP contribution in [0.25, 0.3) is 11.4 Å². The molecule has 2 aliphatic rings. The van der Waals surface area contributed by atoms with E-state index in [1.807, 2.05) is 52.8 Å². The van der Waals surface area contributed by atoms with Crippen molar-refractivity contribution in [3.8, 4) is 17.1 Å². The number of carbonyl (C=O) groups excluding carboxylic acids is 1. The number of aromatic hydroxyl groups is 1. The van der Waals surface area contributed by atoms with Gasteiger partial charge in [-0.15, -0.1) is 22.0 Å². The molecule has 33 heavy (non-hydrogen) atoms. The third-order valence-electron chi connectivity index (χ3n) is 5.57. The molecule has 1 aliphatic heterocycles. The van der Waals surface area contributed by atoms with Gasteiger partial charge >= 0.3 is 0 Å². The van der Waals surface area contributed by atoms with Gasteiger partial charge in [-0.2, -0.15) is 0 Å². The van der Waals surface area contributed by atoms with Crippen LogP contribution in [0.5, 0.6) is 5.75 Å². The van der Waals surface area contributed by atoms with Gasteiger partial charge in [0.15, 0.2) is 11.0 Å². The number of carbonyl (C=O) groups is 1. The number of benzene rings is 2. The van der Waals surface area contributed by atoms with Crippen LogP contribution >= 0.6 is 39.5 Å². The van der Waals surface area contributed by atoms with Crippen LogP contribution in [0.4, 0.5) is 5.69 Å². The molecule has 0 spiro atoms. The number of aromatic nitrogens is 3. The molecule has 3 aromatic rings. The molecule has 2 atom stereocenters. The quantitative estimate of drug-likeness (QED) is 0.429. The second-order valence-electron chi connectivity index (χ2n) is 7.57. The highest BCUT2D eigenvalue weighted by atomic mass is 79.9. The molecule has 2 aromatic carbocycles. The van der Waals surface area contributed by atoms with Gasteiger partial charge in [-0.3, -0.25) is 4.79 Å². The molecule has 6 nitrogen and oxygen atoms in total. The summed E-state index contributed by atoms with van der Waals surface area (Å²) in [6.45, 7) is 2.61. The Kier molecular flexibility index (Phi) is 6.36. The van der Waals surface area contributed by atoms with Crippen LogP contribution in [0.1, 0.15) is 6.92 Å². The number of allylic oxidation sites excluding steroid dienone is 2. The van der Waals surface area contributed by atoms with Gasteiger partial charge in [0.25, 0.3) is 0 Å². The lowest BCUT2D eigenvalue weighted by molar-refractivity contribution is -0.116. The van der Waals surface area contributed by atoms with Crippen molar-refractivity contribution < 1.29 is 9.90 Å². The molecular formula is C24H21BrN4O2S2. The zero-order valence-electron chi connectivity index (χ0n) is 17.8. The monoisotopic (exact) mass is 540 g/mol. The summed E-state index contributed by atoms with van der Waals surface area (Å²) in [5.41, 5.74) is 1.55. The SMILES string of the molecule is CCn1c(SCC(=O)N2c3ccccc3S[C@@H]3C=CC=C[C@@H]32)nnc1-c1cc(Br)ccc1O. The minimum absolute atomic E-state index is 0.0128. The molecule has 0 saturated heterocycles. The predicted molar refractivity (Wildman–Crippen MR) is 137 cm³/mol. The van der Waals surface area contributed by atoms with Crippen molar-refractivity contribution in [1.29, 1.82) is 0 Å². The van der Waals surface area contributed by atoms with Crippen LogP contribution in [0.15, 0.2) is 81.3 Å². The zero-order chi connectivity index (χ0) is 22.9. The van der Waals surface area contributed by atoms with Crippen molar-refractivity contribution in [3.63, 3.8) is 0 Å². The van der Waals surface area contributed by atoms with Crippen molar-refractivity contribution in [2.45, 2.75) is 34.8 Å². The Labute approximate surface area is 208 Å². The Morgan fingerprint density at radius 2 is 2.00 bits per heavy atom. The first kappa shape index (κ1) is 22.3. The number of fused-ring (bicyclic) bond motifs is 2. The molecule has 0 unspecified atom stereocenters. The molecule has 5 rings (SSSR count). The van der Waals surface area contributed by atoms with Crippen molar-refractivity contribution in [3.05, 3.63) is 71.2 Å². The molecule has 2 heterocycles. The van der Waals surface area contributed by atoms with E-state index in [1.54, 1.807) is 23.9 Å². The number of hydrogen-bond acceptors (Lipinski definition) is 6. The van der Waals surface area contributed by atoms with Crippen molar-refractivity contribution >= 4 is 51.0 Å². The van der Waals surface area contributed by atoms with Crippen LogP contribution in [-0.2, 0) is 11.3 Å². The molecule has 168 valence electrons. The number of halogens is 1. The van der Waals surface area contributed by atoms with Gasteiger partial charge in [0.1, 0.15) is 5.75 Å². The van der Waals surface area contributed by atoms with Gasteiger partial charge in [-0.05, 0) is 37.3 Å². The number of anilines is 1. The number of para-hydroxylation sites is 1. The van der Waals surface area contributed by atoms with Gasteiger partial charge in [0, 0.05) is 15.9 Å². The van der Waals surface area contributed by atoms with Crippen LogP contribution in [0.2, 0.25) is 0 Å². The Bertz CT molecular complexity index is 1270. The van der Waals surface area contributed by atoms with Gasteiger partial charge in [-0.1, -0.05) is 64.1 Å². The maximum Gasteiger partial charge on any atom is 0.238 e. The van der Waals surface area contributed by atoms with E-state index in [0.29, 0.717) is 23.1 Å². The van der Waals surface area contributed by atoms with Crippen molar-refractivity contribution in [2.24, 2.45) is 0 Å². The Morgan fingerprint density at radius 3 is 2.85 bits per heavy atom. The number of phenols is 1. The first-order valence-corrected chi connectivity index (χ1v) is 13.2. The number of hydrogen-bond donors (Lipinski definition) is 1. The van der Waals surface area contributed by atoms with Crippen molar-refractivity contribution in [2.75, 3.05) is 10.7 Å². The zero-order valence-corrected chi connectivity index (χ0v) is 21.0. The molecular weight excluding hydrogens is 520 g/mol. The molecule has 1 aromatic heterocycles. The lowest BCUT2D eigenvalue weighted by Gasteiger charge is -2.40. The Hall–Kier alpha value is -2.49. The average Bonchev–Trinajstić information content (AvgIpc) is 3.25. The van der Waals surface area contributed by atoms with E-state index in [1.165, 1.54) is 11.8 Å². The van der Waals surface area contributed by atoms with Gasteiger partial charge < -0.3 is 14.6 Å². The second kappa shape index (κ2) is 9.40. The Morgan fingerprint density at radius 1 is 1.18 bits per heavy atom. The molecule has 1 N–H and O–H groups in total. The van der Waals surface area contributed by atoms with Crippen LogP contribution in [-0.4, -0.2) is 42.8 Å². The summed E-state index contributed by atoms with van der Waals surface area (Å²) in [6, 6.07) is 13.3. The summed E-state index contributed by atoms with van der Waals surface area (Å²) in [7, 11) is 0. The van der Waals surface area contributed by atoms with Crippen molar-refractivity contribution in [1.82, 2.24) is 14.8 Å². The van der Waals surface area contributed by atoms with E-state index in [2.05, 4.69) is 44.3 Å². The third-order valence-corrected chi connectivity index (χ3v) is 8.32. The normalized spacial score (nSPS) is 18.8. The second-order valence-corrected chi connectivity index (χ2v) is 10.7. The molecule has 0 fully saturated rings. The smallest absolute Gasteiger partial charge is 0.238 e. The Balaban J connectivity index is 1.40. The maximum atomic E-state index is 13.5. The van der Waals surface area contributed by atoms with E-state index in [4.69, 9.17) is 0 Å². The third kappa shape index (κ3) is 4.25. The molecule has 1 aliphatic carbocycles. The fourth-order valence-corrected chi connectivity index (χ4v) is 6.52. The summed E-state index contributed by atoms with van der Waals surface area (Å²) >= 11 is 6.61. The highest BCUT2D eigenvalue weighted by Gasteiger charge is 2.36. The standard InChI is InChI=1S/C24H21BrN4O2S2/c1-2-28-23(16-13-15(25)11-12-19(16)30)26-27-24(28)32-14-22(31)29-17-7-3-5-9-20(17)33-21-10-6-4-8-18(21)29/h3-13,17,20,30H,2,14H2,1H3/t17-,20+/m0/s1. The van der Waals surface area contributed by atoms with E-state index < -0.39 is 0 Å². The molecule has 9 heteroatoms. The molecule has 0 bridgehead atoms. The highest BCUT2D eigenvalue weighted by Crippen LogP contribution is 2.44. The number of phenolic OH excluding ortho intramolecular Hbond substituents is 1. The number of nitrogens with zero attached hydrogens (tertiary/aromatic N) is 4. The van der Waals surface area contributed by atoms with Gasteiger partial charge in [0.05, 0.1) is 28.3 Å². The van der Waals surface area contributed by atoms with E-state index >= 15 is 0 Å². The van der Waals surface area contributed by atoms with Crippen LogP contribution < -0.4 is 4.90 Å².